The summed E-state index contributed by atoms with van der Waals surface area (Å²) in [6.07, 6.45) is 3.46. The van der Waals surface area contributed by atoms with Crippen LogP contribution in [0.4, 0.5) is 5.82 Å². The molecule has 28 heavy (non-hydrogen) atoms. The van der Waals surface area contributed by atoms with Gasteiger partial charge in [0.1, 0.15) is 0 Å². The van der Waals surface area contributed by atoms with E-state index in [2.05, 4.69) is 20.1 Å². The zero-order chi connectivity index (χ0) is 19.5. The van der Waals surface area contributed by atoms with E-state index < -0.39 is 0 Å². The lowest BCUT2D eigenvalue weighted by atomic mass is 10.1. The molecule has 1 aliphatic rings. The summed E-state index contributed by atoms with van der Waals surface area (Å²) in [4.78, 5) is 20.7. The number of halogens is 2. The molecule has 6 nitrogen and oxygen atoms in total. The van der Waals surface area contributed by atoms with Gasteiger partial charge in [-0.15, -0.1) is 10.2 Å². The molecule has 2 aromatic heterocycles. The smallest absolute Gasteiger partial charge is 0.255 e. The average molecular weight is 414 g/mol. The number of benzene rings is 1. The highest BCUT2D eigenvalue weighted by Gasteiger charge is 2.24. The average Bonchev–Trinajstić information content (AvgIpc) is 2.76. The van der Waals surface area contributed by atoms with Crippen LogP contribution in [0.25, 0.3) is 11.3 Å². The van der Waals surface area contributed by atoms with Gasteiger partial charge in [0.15, 0.2) is 5.82 Å². The Morgan fingerprint density at radius 1 is 0.893 bits per heavy atom. The van der Waals surface area contributed by atoms with E-state index in [0.717, 1.165) is 17.1 Å². The van der Waals surface area contributed by atoms with Gasteiger partial charge in [0.2, 0.25) is 0 Å². The zero-order valence-electron chi connectivity index (χ0n) is 14.9. The number of amides is 1. The molecule has 1 amide bonds. The largest absolute Gasteiger partial charge is 0.352 e. The van der Waals surface area contributed by atoms with Gasteiger partial charge < -0.3 is 9.80 Å². The molecule has 0 radical (unpaired) electrons. The molecule has 1 aliphatic heterocycles. The van der Waals surface area contributed by atoms with Crippen LogP contribution in [-0.4, -0.2) is 52.2 Å². The Morgan fingerprint density at radius 3 is 2.32 bits per heavy atom. The predicted molar refractivity (Wildman–Crippen MR) is 110 cm³/mol. The van der Waals surface area contributed by atoms with Gasteiger partial charge in [-0.25, -0.2) is 0 Å². The quantitative estimate of drug-likeness (QED) is 0.653. The van der Waals surface area contributed by atoms with Crippen LogP contribution >= 0.6 is 23.2 Å². The van der Waals surface area contributed by atoms with E-state index >= 15 is 0 Å². The number of aromatic nitrogens is 3. The number of hydrogen-bond donors (Lipinski definition) is 0. The molecule has 0 saturated carbocycles. The number of pyridine rings is 1. The van der Waals surface area contributed by atoms with Gasteiger partial charge >= 0.3 is 0 Å². The molecule has 4 rings (SSSR count). The molecule has 1 saturated heterocycles. The van der Waals surface area contributed by atoms with Crippen molar-refractivity contribution in [1.82, 2.24) is 20.1 Å². The van der Waals surface area contributed by atoms with E-state index in [0.29, 0.717) is 41.8 Å². The Labute approximate surface area is 172 Å². The molecule has 0 bridgehead atoms. The number of carbonyl (C=O) groups excluding carboxylic acids is 1. The third kappa shape index (κ3) is 3.93. The Balaban J connectivity index is 1.41. The van der Waals surface area contributed by atoms with Gasteiger partial charge in [-0.1, -0.05) is 23.2 Å². The second-order valence-electron chi connectivity index (χ2n) is 6.42. The summed E-state index contributed by atoms with van der Waals surface area (Å²) in [5.74, 6) is 0.692. The molecule has 0 N–H and O–H groups in total. The number of nitrogens with zero attached hydrogens (tertiary/aromatic N) is 5. The van der Waals surface area contributed by atoms with Crippen molar-refractivity contribution in [3.8, 4) is 11.3 Å². The lowest BCUT2D eigenvalue weighted by Gasteiger charge is -2.35. The fraction of sp³-hybridized carbons (Fsp3) is 0.200. The first-order chi connectivity index (χ1) is 13.6. The van der Waals surface area contributed by atoms with Crippen LogP contribution in [0.3, 0.4) is 0 Å². The molecule has 0 atom stereocenters. The van der Waals surface area contributed by atoms with Gasteiger partial charge in [-0.05, 0) is 42.5 Å². The molecule has 142 valence electrons. The van der Waals surface area contributed by atoms with Crippen LogP contribution in [0.1, 0.15) is 10.4 Å². The molecule has 0 aliphatic carbocycles. The molecule has 8 heteroatoms. The first kappa shape index (κ1) is 18.7. The first-order valence-corrected chi connectivity index (χ1v) is 9.61. The maximum Gasteiger partial charge on any atom is 0.255 e. The summed E-state index contributed by atoms with van der Waals surface area (Å²) in [5.41, 5.74) is 2.21. The molecule has 1 fully saturated rings. The summed E-state index contributed by atoms with van der Waals surface area (Å²) < 4.78 is 0. The molecule has 1 aromatic carbocycles. The van der Waals surface area contributed by atoms with Crippen molar-refractivity contribution in [3.05, 3.63) is 70.5 Å². The number of rotatable bonds is 3. The van der Waals surface area contributed by atoms with Crippen molar-refractivity contribution in [2.75, 3.05) is 31.1 Å². The fourth-order valence-corrected chi connectivity index (χ4v) is 3.51. The maximum absolute atomic E-state index is 12.7. The number of carbonyl (C=O) groups is 1. The topological polar surface area (TPSA) is 62.2 Å². The molecule has 0 spiro atoms. The lowest BCUT2D eigenvalue weighted by molar-refractivity contribution is 0.0746. The predicted octanol–water partition coefficient (Wildman–Crippen LogP) is 3.81. The minimum atomic E-state index is -0.105. The van der Waals surface area contributed by atoms with Crippen molar-refractivity contribution in [2.45, 2.75) is 0 Å². The normalized spacial score (nSPS) is 14.2. The Hall–Kier alpha value is -2.70. The number of hydrogen-bond acceptors (Lipinski definition) is 5. The van der Waals surface area contributed by atoms with Crippen LogP contribution < -0.4 is 4.90 Å². The SMILES string of the molecule is O=C(c1cc(Cl)ccc1Cl)N1CCN(c2ccc(-c3ccncc3)nn2)CC1. The molecule has 0 unspecified atom stereocenters. The van der Waals surface area contributed by atoms with E-state index in [-0.39, 0.29) is 5.91 Å². The minimum Gasteiger partial charge on any atom is -0.352 e. The zero-order valence-corrected chi connectivity index (χ0v) is 16.4. The lowest BCUT2D eigenvalue weighted by Crippen LogP contribution is -2.49. The monoisotopic (exact) mass is 413 g/mol. The number of piperazine rings is 1. The van der Waals surface area contributed by atoms with E-state index in [9.17, 15) is 4.79 Å². The third-order valence-electron chi connectivity index (χ3n) is 4.68. The molecule has 3 heterocycles. The van der Waals surface area contributed by atoms with Crippen LogP contribution in [0, 0.1) is 0 Å². The Bertz CT molecular complexity index is 974. The van der Waals surface area contributed by atoms with Gasteiger partial charge in [-0.2, -0.15) is 0 Å². The van der Waals surface area contributed by atoms with E-state index in [1.54, 1.807) is 35.5 Å². The minimum absolute atomic E-state index is 0.105. The van der Waals surface area contributed by atoms with Crippen LogP contribution in [-0.2, 0) is 0 Å². The van der Waals surface area contributed by atoms with Gasteiger partial charge in [0, 0.05) is 49.2 Å². The Morgan fingerprint density at radius 2 is 1.64 bits per heavy atom. The van der Waals surface area contributed by atoms with Crippen molar-refractivity contribution in [3.63, 3.8) is 0 Å². The summed E-state index contributed by atoms with van der Waals surface area (Å²) >= 11 is 12.2. The third-order valence-corrected chi connectivity index (χ3v) is 5.24. The van der Waals surface area contributed by atoms with Crippen molar-refractivity contribution in [1.29, 1.82) is 0 Å². The van der Waals surface area contributed by atoms with Gasteiger partial charge in [0.25, 0.3) is 5.91 Å². The van der Waals surface area contributed by atoms with E-state index in [1.165, 1.54) is 0 Å². The van der Waals surface area contributed by atoms with Crippen molar-refractivity contribution < 1.29 is 4.79 Å². The van der Waals surface area contributed by atoms with Crippen LogP contribution in [0.5, 0.6) is 0 Å². The molecular weight excluding hydrogens is 397 g/mol. The van der Waals surface area contributed by atoms with Crippen molar-refractivity contribution in [2.24, 2.45) is 0 Å². The fourth-order valence-electron chi connectivity index (χ4n) is 3.14. The van der Waals surface area contributed by atoms with Crippen molar-refractivity contribution >= 4 is 34.9 Å². The second kappa shape index (κ2) is 8.12. The summed E-state index contributed by atoms with van der Waals surface area (Å²) in [7, 11) is 0. The molecular formula is C20H17Cl2N5O. The van der Waals surface area contributed by atoms with Gasteiger partial charge in [-0.3, -0.25) is 9.78 Å². The van der Waals surface area contributed by atoms with Crippen LogP contribution in [0.2, 0.25) is 10.0 Å². The summed E-state index contributed by atoms with van der Waals surface area (Å²) in [5, 5.41) is 9.57. The molecule has 3 aromatic rings. The maximum atomic E-state index is 12.7. The number of anilines is 1. The summed E-state index contributed by atoms with van der Waals surface area (Å²) in [6.45, 7) is 2.51. The first-order valence-electron chi connectivity index (χ1n) is 8.85. The highest BCUT2D eigenvalue weighted by Crippen LogP contribution is 2.23. The Kier molecular flexibility index (Phi) is 5.41. The van der Waals surface area contributed by atoms with E-state index in [4.69, 9.17) is 23.2 Å². The second-order valence-corrected chi connectivity index (χ2v) is 7.26. The highest BCUT2D eigenvalue weighted by molar-refractivity contribution is 6.35. The van der Waals surface area contributed by atoms with E-state index in [1.807, 2.05) is 24.3 Å². The summed E-state index contributed by atoms with van der Waals surface area (Å²) in [6, 6.07) is 12.6. The standard InChI is InChI=1S/C20H17Cl2N5O/c21-15-1-2-17(22)16(13-15)20(28)27-11-9-26(10-12-27)19-4-3-18(24-25-19)14-5-7-23-8-6-14/h1-8,13H,9-12H2. The van der Waals surface area contributed by atoms with Crippen LogP contribution in [0.15, 0.2) is 54.9 Å². The highest BCUT2D eigenvalue weighted by atomic mass is 35.5. The van der Waals surface area contributed by atoms with Gasteiger partial charge in [0.05, 0.1) is 16.3 Å².